The molecule has 3 heteroatoms. The predicted octanol–water partition coefficient (Wildman–Crippen LogP) is 2.73. The highest BCUT2D eigenvalue weighted by molar-refractivity contribution is 5.83. The molecular weight excluding hydrogens is 216 g/mol. The zero-order chi connectivity index (χ0) is 12.5. The number of ketones is 1. The van der Waals surface area contributed by atoms with E-state index in [4.69, 9.17) is 4.74 Å². The minimum Gasteiger partial charge on any atom is -0.466 e. The first-order valence-corrected chi connectivity index (χ1v) is 6.70. The molecule has 17 heavy (non-hydrogen) atoms. The minimum atomic E-state index is -0.204. The SMILES string of the molecule is CC(=O)OCCC1CCC2C(=O)CCCC12C. The van der Waals surface area contributed by atoms with Crippen LogP contribution < -0.4 is 0 Å². The molecule has 0 N–H and O–H groups in total. The van der Waals surface area contributed by atoms with E-state index in [2.05, 4.69) is 6.92 Å². The summed E-state index contributed by atoms with van der Waals surface area (Å²) in [7, 11) is 0. The van der Waals surface area contributed by atoms with Crippen molar-refractivity contribution in [1.29, 1.82) is 0 Å². The topological polar surface area (TPSA) is 43.4 Å². The Balaban J connectivity index is 1.95. The van der Waals surface area contributed by atoms with Crippen LogP contribution in [0.15, 0.2) is 0 Å². The van der Waals surface area contributed by atoms with E-state index < -0.39 is 0 Å². The maximum atomic E-state index is 11.9. The van der Waals surface area contributed by atoms with Gasteiger partial charge in [0.1, 0.15) is 5.78 Å². The van der Waals surface area contributed by atoms with Gasteiger partial charge in [0.2, 0.25) is 0 Å². The van der Waals surface area contributed by atoms with Crippen molar-refractivity contribution in [1.82, 2.24) is 0 Å². The second-order valence-electron chi connectivity index (χ2n) is 5.78. The summed E-state index contributed by atoms with van der Waals surface area (Å²) < 4.78 is 5.03. The van der Waals surface area contributed by atoms with Gasteiger partial charge in [0.25, 0.3) is 0 Å². The summed E-state index contributed by atoms with van der Waals surface area (Å²) >= 11 is 0. The summed E-state index contributed by atoms with van der Waals surface area (Å²) in [6, 6.07) is 0. The monoisotopic (exact) mass is 238 g/mol. The lowest BCUT2D eigenvalue weighted by Crippen LogP contribution is -2.37. The Hall–Kier alpha value is -0.860. The van der Waals surface area contributed by atoms with E-state index in [1.165, 1.54) is 6.92 Å². The summed E-state index contributed by atoms with van der Waals surface area (Å²) in [5, 5.41) is 0. The number of carbonyl (C=O) groups is 2. The average Bonchev–Trinajstić information content (AvgIpc) is 2.57. The van der Waals surface area contributed by atoms with Gasteiger partial charge in [-0.3, -0.25) is 9.59 Å². The lowest BCUT2D eigenvalue weighted by Gasteiger charge is -2.39. The van der Waals surface area contributed by atoms with Crippen molar-refractivity contribution in [3.63, 3.8) is 0 Å². The van der Waals surface area contributed by atoms with Crippen molar-refractivity contribution >= 4 is 11.8 Å². The minimum absolute atomic E-state index is 0.176. The molecule has 2 aliphatic carbocycles. The predicted molar refractivity (Wildman–Crippen MR) is 64.4 cm³/mol. The highest BCUT2D eigenvalue weighted by Gasteiger charge is 2.50. The van der Waals surface area contributed by atoms with Gasteiger partial charge in [-0.1, -0.05) is 6.92 Å². The summed E-state index contributed by atoms with van der Waals surface area (Å²) in [5.41, 5.74) is 0.176. The number of esters is 1. The van der Waals surface area contributed by atoms with E-state index in [1.54, 1.807) is 0 Å². The molecule has 0 aromatic rings. The molecule has 3 nitrogen and oxygen atoms in total. The third-order valence-corrected chi connectivity index (χ3v) is 4.83. The Morgan fingerprint density at radius 2 is 2.24 bits per heavy atom. The summed E-state index contributed by atoms with van der Waals surface area (Å²) in [6.07, 6.45) is 6.05. The van der Waals surface area contributed by atoms with E-state index in [-0.39, 0.29) is 17.3 Å². The molecule has 0 aliphatic heterocycles. The Kier molecular flexibility index (Phi) is 3.55. The molecule has 2 aliphatic rings. The Morgan fingerprint density at radius 3 is 2.94 bits per heavy atom. The number of carbonyl (C=O) groups excluding carboxylic acids is 2. The van der Waals surface area contributed by atoms with Crippen LogP contribution in [0.3, 0.4) is 0 Å². The molecule has 0 radical (unpaired) electrons. The van der Waals surface area contributed by atoms with E-state index in [1.807, 2.05) is 0 Å². The fourth-order valence-electron chi connectivity index (χ4n) is 3.86. The summed E-state index contributed by atoms with van der Waals surface area (Å²) in [4.78, 5) is 22.7. The molecule has 96 valence electrons. The standard InChI is InChI=1S/C14H22O3/c1-10(15)17-9-7-11-5-6-12-13(16)4-3-8-14(11,12)2/h11-12H,3-9H2,1-2H3. The van der Waals surface area contributed by atoms with Crippen LogP contribution in [0.4, 0.5) is 0 Å². The van der Waals surface area contributed by atoms with Gasteiger partial charge in [-0.25, -0.2) is 0 Å². The fraction of sp³-hybridized carbons (Fsp3) is 0.857. The van der Waals surface area contributed by atoms with Gasteiger partial charge in [-0.2, -0.15) is 0 Å². The smallest absolute Gasteiger partial charge is 0.302 e. The Morgan fingerprint density at radius 1 is 1.47 bits per heavy atom. The van der Waals surface area contributed by atoms with Crippen LogP contribution in [-0.4, -0.2) is 18.4 Å². The Bertz CT molecular complexity index is 323. The zero-order valence-electron chi connectivity index (χ0n) is 10.8. The lowest BCUT2D eigenvalue weighted by atomic mass is 9.64. The first kappa shape index (κ1) is 12.6. The molecular formula is C14H22O3. The molecule has 0 spiro atoms. The zero-order valence-corrected chi connectivity index (χ0v) is 10.8. The van der Waals surface area contributed by atoms with E-state index in [0.717, 1.165) is 38.5 Å². The molecule has 3 unspecified atom stereocenters. The van der Waals surface area contributed by atoms with Crippen LogP contribution in [0.1, 0.15) is 52.4 Å². The molecule has 0 saturated heterocycles. The molecule has 0 amide bonds. The van der Waals surface area contributed by atoms with Crippen molar-refractivity contribution in [2.75, 3.05) is 6.61 Å². The van der Waals surface area contributed by atoms with Crippen molar-refractivity contribution in [3.05, 3.63) is 0 Å². The highest BCUT2D eigenvalue weighted by Crippen LogP contribution is 2.55. The Labute approximate surface area is 103 Å². The van der Waals surface area contributed by atoms with Gasteiger partial charge in [-0.05, 0) is 43.4 Å². The quantitative estimate of drug-likeness (QED) is 0.710. The number of fused-ring (bicyclic) bond motifs is 1. The third-order valence-electron chi connectivity index (χ3n) is 4.83. The maximum absolute atomic E-state index is 11.9. The van der Waals surface area contributed by atoms with E-state index >= 15 is 0 Å². The van der Waals surface area contributed by atoms with Gasteiger partial charge < -0.3 is 4.74 Å². The van der Waals surface area contributed by atoms with Crippen LogP contribution >= 0.6 is 0 Å². The summed E-state index contributed by atoms with van der Waals surface area (Å²) in [5.74, 6) is 1.09. The molecule has 3 atom stereocenters. The number of Topliss-reactive ketones (excluding diaryl/α,β-unsaturated/α-hetero) is 1. The van der Waals surface area contributed by atoms with Crippen molar-refractivity contribution in [2.24, 2.45) is 17.3 Å². The number of rotatable bonds is 3. The van der Waals surface area contributed by atoms with Crippen LogP contribution in [0.2, 0.25) is 0 Å². The maximum Gasteiger partial charge on any atom is 0.302 e. The molecule has 0 heterocycles. The van der Waals surface area contributed by atoms with Gasteiger partial charge in [0.15, 0.2) is 0 Å². The van der Waals surface area contributed by atoms with Gasteiger partial charge in [-0.15, -0.1) is 0 Å². The molecule has 0 aromatic carbocycles. The highest BCUT2D eigenvalue weighted by atomic mass is 16.5. The number of ether oxygens (including phenoxy) is 1. The molecule has 2 rings (SSSR count). The average molecular weight is 238 g/mol. The second-order valence-corrected chi connectivity index (χ2v) is 5.78. The molecule has 2 saturated carbocycles. The third kappa shape index (κ3) is 2.38. The lowest BCUT2D eigenvalue weighted by molar-refractivity contribution is -0.142. The second kappa shape index (κ2) is 4.79. The normalized spacial score (nSPS) is 36.7. The van der Waals surface area contributed by atoms with Crippen LogP contribution in [0.25, 0.3) is 0 Å². The fourth-order valence-corrected chi connectivity index (χ4v) is 3.86. The number of hydrogen-bond donors (Lipinski definition) is 0. The molecule has 2 fully saturated rings. The molecule has 0 bridgehead atoms. The van der Waals surface area contributed by atoms with Crippen LogP contribution in [0, 0.1) is 17.3 Å². The van der Waals surface area contributed by atoms with Gasteiger partial charge in [0.05, 0.1) is 6.61 Å². The van der Waals surface area contributed by atoms with E-state index in [9.17, 15) is 9.59 Å². The van der Waals surface area contributed by atoms with Crippen molar-refractivity contribution < 1.29 is 14.3 Å². The van der Waals surface area contributed by atoms with Crippen LogP contribution in [-0.2, 0) is 14.3 Å². The van der Waals surface area contributed by atoms with Crippen LogP contribution in [0.5, 0.6) is 0 Å². The van der Waals surface area contributed by atoms with Gasteiger partial charge in [0, 0.05) is 19.3 Å². The van der Waals surface area contributed by atoms with Crippen molar-refractivity contribution in [3.8, 4) is 0 Å². The summed E-state index contributed by atoms with van der Waals surface area (Å²) in [6.45, 7) is 4.22. The van der Waals surface area contributed by atoms with Gasteiger partial charge >= 0.3 is 5.97 Å². The van der Waals surface area contributed by atoms with E-state index in [0.29, 0.717) is 18.3 Å². The largest absolute Gasteiger partial charge is 0.466 e. The number of hydrogen-bond acceptors (Lipinski definition) is 3. The molecule has 0 aromatic heterocycles. The van der Waals surface area contributed by atoms with Crippen molar-refractivity contribution in [2.45, 2.75) is 52.4 Å². The first-order chi connectivity index (χ1) is 8.04. The first-order valence-electron chi connectivity index (χ1n) is 6.70.